The summed E-state index contributed by atoms with van der Waals surface area (Å²) in [5, 5.41) is 9.79. The number of esters is 2. The van der Waals surface area contributed by atoms with Crippen LogP contribution in [0.15, 0.2) is 48.6 Å². The molecule has 0 aromatic heterocycles. The van der Waals surface area contributed by atoms with Gasteiger partial charge in [-0.05, 0) is 77.0 Å². The van der Waals surface area contributed by atoms with E-state index in [0.29, 0.717) is 17.4 Å². The number of carbonyl (C=O) groups is 3. The topological polar surface area (TPSA) is 108 Å². The largest absolute Gasteiger partial charge is 0.477 e. The van der Waals surface area contributed by atoms with Gasteiger partial charge in [0.05, 0.1) is 34.4 Å². The van der Waals surface area contributed by atoms with Gasteiger partial charge >= 0.3 is 17.9 Å². The molecule has 2 atom stereocenters. The summed E-state index contributed by atoms with van der Waals surface area (Å²) in [4.78, 5) is 37.8. The van der Waals surface area contributed by atoms with Crippen LogP contribution in [0.1, 0.15) is 450 Å². The molecule has 1 N–H and O–H groups in total. The van der Waals surface area contributed by atoms with Gasteiger partial charge < -0.3 is 28.5 Å². The first-order valence-electron chi connectivity index (χ1n) is 43.8. The SMILES string of the molecule is CCCCCCC/C=C\C/C=C\CCCCCCCCCCCCCCCCCCCCCCCCCCCCCCCC(=O)OC(COC(=O)CCCCCCCCCCCCCCCCCCCCCCC/C=C\C/C=C\CCCCCCC)COC(OCC[N+](C)(C)C)C(=O)O. The molecule has 9 heteroatoms. The van der Waals surface area contributed by atoms with Crippen LogP contribution in [0.2, 0.25) is 0 Å². The molecular weight excluding hydrogens is 1220 g/mol. The maximum Gasteiger partial charge on any atom is 0.361 e. The number of hydrogen-bond acceptors (Lipinski definition) is 7. The van der Waals surface area contributed by atoms with E-state index in [2.05, 4.69) is 62.5 Å². The van der Waals surface area contributed by atoms with Gasteiger partial charge in [-0.15, -0.1) is 0 Å². The number of hydrogen-bond donors (Lipinski definition) is 1. The van der Waals surface area contributed by atoms with Gasteiger partial charge in [0.15, 0.2) is 6.10 Å². The van der Waals surface area contributed by atoms with Crippen LogP contribution < -0.4 is 0 Å². The predicted molar refractivity (Wildman–Crippen MR) is 429 cm³/mol. The number of unbranched alkanes of at least 4 members (excludes halogenated alkanes) is 60. The minimum Gasteiger partial charge on any atom is -0.477 e. The monoisotopic (exact) mass is 1390 g/mol. The van der Waals surface area contributed by atoms with Gasteiger partial charge in [-0.25, -0.2) is 4.79 Å². The Kier molecular flexibility index (Phi) is 78.7. The van der Waals surface area contributed by atoms with E-state index in [1.807, 2.05) is 21.1 Å². The molecule has 0 amide bonds. The van der Waals surface area contributed by atoms with Crippen molar-refractivity contribution >= 4 is 17.9 Å². The quantitative estimate of drug-likeness (QED) is 0.0211. The van der Waals surface area contributed by atoms with Crippen LogP contribution in [0.3, 0.4) is 0 Å². The second-order valence-electron chi connectivity index (χ2n) is 31.2. The van der Waals surface area contributed by atoms with Crippen LogP contribution in [-0.4, -0.2) is 87.4 Å². The first-order chi connectivity index (χ1) is 48.6. The molecule has 0 fully saturated rings. The summed E-state index contributed by atoms with van der Waals surface area (Å²) in [6.07, 6.45) is 105. The number of carbonyl (C=O) groups excluding carboxylic acids is 2. The second kappa shape index (κ2) is 80.9. The van der Waals surface area contributed by atoms with E-state index in [0.717, 1.165) is 51.4 Å². The summed E-state index contributed by atoms with van der Waals surface area (Å²) in [5.41, 5.74) is 0. The zero-order chi connectivity index (χ0) is 71.8. The van der Waals surface area contributed by atoms with E-state index in [1.165, 1.54) is 372 Å². The molecule has 582 valence electrons. The average Bonchev–Trinajstić information content (AvgIpc) is 2.62. The lowest BCUT2D eigenvalue weighted by molar-refractivity contribution is -0.870. The minimum absolute atomic E-state index is 0.175. The van der Waals surface area contributed by atoms with E-state index in [9.17, 15) is 19.5 Å². The van der Waals surface area contributed by atoms with Gasteiger partial charge in [-0.2, -0.15) is 0 Å². The van der Waals surface area contributed by atoms with Crippen molar-refractivity contribution in [2.24, 2.45) is 0 Å². The third-order valence-electron chi connectivity index (χ3n) is 20.1. The fourth-order valence-electron chi connectivity index (χ4n) is 13.4. The number of aliphatic carboxylic acids is 1. The summed E-state index contributed by atoms with van der Waals surface area (Å²) < 4.78 is 23.1. The average molecular weight is 1390 g/mol. The van der Waals surface area contributed by atoms with Gasteiger partial charge in [0.25, 0.3) is 6.29 Å². The van der Waals surface area contributed by atoms with E-state index in [-0.39, 0.29) is 38.2 Å². The standard InChI is InChI=1S/C90H169NO8/c1-6-8-10-12-14-16-18-20-22-24-26-28-30-32-34-36-38-40-41-42-43-44-45-46-47-49-51-53-55-57-59-61-63-65-67-69-71-73-75-77-79-81-88(93)99-86(85-98-90(89(94)95)96-83-82-91(3,4)5)84-97-87(92)80-78-76-74-72-70-68-66-64-62-60-58-56-54-52-50-48-39-37-35-33-31-29-27-25-23-21-19-17-15-13-11-9-7-2/h18-21,24-27,86,90H,6-17,22-23,28-85H2,1-5H3/p+1/b20-18-,21-19-,26-24-,27-25-. The maximum absolute atomic E-state index is 13.0. The molecule has 0 aliphatic carbocycles. The summed E-state index contributed by atoms with van der Waals surface area (Å²) in [6.45, 7) is 4.94. The smallest absolute Gasteiger partial charge is 0.361 e. The summed E-state index contributed by atoms with van der Waals surface area (Å²) in [6, 6.07) is 0. The Morgan fingerprint density at radius 3 is 0.798 bits per heavy atom. The molecule has 0 aliphatic rings. The third kappa shape index (κ3) is 82.4. The van der Waals surface area contributed by atoms with Crippen LogP contribution in [0.5, 0.6) is 0 Å². The number of ether oxygens (including phenoxy) is 4. The lowest BCUT2D eigenvalue weighted by atomic mass is 10.0. The van der Waals surface area contributed by atoms with Gasteiger partial charge in [-0.1, -0.05) is 409 Å². The van der Waals surface area contributed by atoms with Crippen molar-refractivity contribution in [3.05, 3.63) is 48.6 Å². The first kappa shape index (κ1) is 96.2. The van der Waals surface area contributed by atoms with Gasteiger partial charge in [-0.3, -0.25) is 9.59 Å². The fourth-order valence-corrected chi connectivity index (χ4v) is 13.4. The van der Waals surface area contributed by atoms with Crippen molar-refractivity contribution in [3.63, 3.8) is 0 Å². The number of quaternary nitrogens is 1. The molecule has 0 aromatic rings. The molecule has 0 heterocycles. The van der Waals surface area contributed by atoms with Crippen molar-refractivity contribution in [3.8, 4) is 0 Å². The molecule has 0 radical (unpaired) electrons. The first-order valence-corrected chi connectivity index (χ1v) is 43.8. The van der Waals surface area contributed by atoms with Crippen LogP contribution in [0.4, 0.5) is 0 Å². The molecular formula is C90H170NO8+. The zero-order valence-electron chi connectivity index (χ0n) is 66.9. The Morgan fingerprint density at radius 1 is 0.303 bits per heavy atom. The van der Waals surface area contributed by atoms with E-state index in [4.69, 9.17) is 18.9 Å². The molecule has 0 bridgehead atoms. The molecule has 99 heavy (non-hydrogen) atoms. The highest BCUT2D eigenvalue weighted by molar-refractivity contribution is 5.71. The van der Waals surface area contributed by atoms with Gasteiger partial charge in [0.2, 0.25) is 0 Å². The van der Waals surface area contributed by atoms with Gasteiger partial charge in [0.1, 0.15) is 13.2 Å². The van der Waals surface area contributed by atoms with Crippen LogP contribution in [-0.2, 0) is 33.3 Å². The lowest BCUT2D eigenvalue weighted by Gasteiger charge is -2.25. The highest BCUT2D eigenvalue weighted by Gasteiger charge is 2.25. The Balaban J connectivity index is 3.90. The zero-order valence-corrected chi connectivity index (χ0v) is 66.9. The molecule has 0 rings (SSSR count). The highest BCUT2D eigenvalue weighted by atomic mass is 16.7. The molecule has 0 saturated carbocycles. The third-order valence-corrected chi connectivity index (χ3v) is 20.1. The maximum atomic E-state index is 13.0. The second-order valence-corrected chi connectivity index (χ2v) is 31.2. The van der Waals surface area contributed by atoms with Crippen molar-refractivity contribution in [2.45, 2.75) is 463 Å². The lowest BCUT2D eigenvalue weighted by Crippen LogP contribution is -2.40. The summed E-state index contributed by atoms with van der Waals surface area (Å²) >= 11 is 0. The number of carboxylic acid groups (broad SMARTS) is 1. The van der Waals surface area contributed by atoms with Crippen molar-refractivity contribution in [2.75, 3.05) is 47.5 Å². The Labute approximate surface area is 616 Å². The van der Waals surface area contributed by atoms with Crippen LogP contribution in [0, 0.1) is 0 Å². The molecule has 9 nitrogen and oxygen atoms in total. The number of carboxylic acids is 1. The Bertz CT molecular complexity index is 1770. The number of rotatable bonds is 83. The summed E-state index contributed by atoms with van der Waals surface area (Å²) in [5.74, 6) is -1.97. The molecule has 0 saturated heterocycles. The number of nitrogens with zero attached hydrogens (tertiary/aromatic N) is 1. The van der Waals surface area contributed by atoms with E-state index in [1.54, 1.807) is 0 Å². The molecule has 0 aromatic carbocycles. The predicted octanol–water partition coefficient (Wildman–Crippen LogP) is 28.4. The normalized spacial score (nSPS) is 12.8. The van der Waals surface area contributed by atoms with E-state index < -0.39 is 18.4 Å². The molecule has 2 unspecified atom stereocenters. The highest BCUT2D eigenvalue weighted by Crippen LogP contribution is 2.21. The molecule has 0 spiro atoms. The number of likely N-dealkylation sites (N-methyl/N-ethyl adjacent to an activating group) is 1. The minimum atomic E-state index is -1.51. The van der Waals surface area contributed by atoms with Crippen molar-refractivity contribution < 1.29 is 42.9 Å². The number of allylic oxidation sites excluding steroid dienone is 8. The van der Waals surface area contributed by atoms with Crippen molar-refractivity contribution in [1.29, 1.82) is 0 Å². The molecule has 0 aliphatic heterocycles. The van der Waals surface area contributed by atoms with Gasteiger partial charge in [0, 0.05) is 12.8 Å². The van der Waals surface area contributed by atoms with Crippen LogP contribution >= 0.6 is 0 Å². The Hall–Kier alpha value is -2.75. The Morgan fingerprint density at radius 2 is 0.545 bits per heavy atom. The summed E-state index contributed by atoms with van der Waals surface area (Å²) in [7, 11) is 6.00. The van der Waals surface area contributed by atoms with Crippen LogP contribution in [0.25, 0.3) is 0 Å². The van der Waals surface area contributed by atoms with Crippen molar-refractivity contribution in [1.82, 2.24) is 0 Å². The van der Waals surface area contributed by atoms with E-state index >= 15 is 0 Å². The fraction of sp³-hybridized carbons (Fsp3) is 0.878.